The molecule has 19 heavy (non-hydrogen) atoms. The Kier molecular flexibility index (Phi) is 3.44. The highest BCUT2D eigenvalue weighted by Crippen LogP contribution is 2.19. The molecule has 2 heterocycles. The predicted molar refractivity (Wildman–Crippen MR) is 80.2 cm³/mol. The maximum Gasteiger partial charge on any atom is 0.272 e. The summed E-state index contributed by atoms with van der Waals surface area (Å²) in [6, 6.07) is 1.78. The molecule has 0 atom stereocenters. The van der Waals surface area contributed by atoms with Crippen LogP contribution < -0.4 is 5.56 Å². The van der Waals surface area contributed by atoms with Crippen molar-refractivity contribution in [3.8, 4) is 0 Å². The normalized spacial score (nSPS) is 13.0. The fraction of sp³-hybridized carbons (Fsp3) is 0.455. The Balaban J connectivity index is 2.65. The second kappa shape index (κ2) is 4.53. The lowest BCUT2D eigenvalue weighted by Gasteiger charge is -2.23. The zero-order valence-corrected chi connectivity index (χ0v) is 13.2. The first kappa shape index (κ1) is 14.4. The average Bonchev–Trinajstić information content (AvgIpc) is 2.70. The Labute approximate surface area is 119 Å². The second-order valence-corrected chi connectivity index (χ2v) is 8.97. The molecule has 0 fully saturated rings. The number of nitrogens with one attached hydrogen (secondary N) is 1. The highest BCUT2D eigenvalue weighted by atomic mass is 32.2. The van der Waals surface area contributed by atoms with Crippen LogP contribution >= 0.6 is 23.6 Å². The highest BCUT2D eigenvalue weighted by Gasteiger charge is 2.31. The molecule has 5 nitrogen and oxygen atoms in total. The minimum atomic E-state index is -3.29. The van der Waals surface area contributed by atoms with E-state index >= 15 is 0 Å². The minimum Gasteiger partial charge on any atom is -0.331 e. The Bertz CT molecular complexity index is 840. The summed E-state index contributed by atoms with van der Waals surface area (Å²) in [6.45, 7) is 3.21. The first-order chi connectivity index (χ1) is 8.63. The van der Waals surface area contributed by atoms with Crippen LogP contribution in [0.2, 0.25) is 0 Å². The molecule has 0 aromatic carbocycles. The van der Waals surface area contributed by atoms with Crippen molar-refractivity contribution in [3.05, 3.63) is 26.6 Å². The van der Waals surface area contributed by atoms with Gasteiger partial charge in [-0.3, -0.25) is 9.36 Å². The molecule has 2 rings (SSSR count). The van der Waals surface area contributed by atoms with Crippen molar-refractivity contribution in [3.63, 3.8) is 0 Å². The molecule has 8 heteroatoms. The third-order valence-electron chi connectivity index (χ3n) is 3.13. The number of H-pyrrole nitrogens is 1. The monoisotopic (exact) mass is 318 g/mol. The van der Waals surface area contributed by atoms with E-state index in [0.717, 1.165) is 6.26 Å². The summed E-state index contributed by atoms with van der Waals surface area (Å²) in [4.78, 5) is 15.3. The fourth-order valence-corrected chi connectivity index (χ4v) is 3.03. The molecular weight excluding hydrogens is 304 g/mol. The SMILES string of the molecule is CC(C)(Cn1c(=S)[nH]c2ccsc2c1=O)S(C)(=O)=O. The number of hydrogen-bond acceptors (Lipinski definition) is 5. The van der Waals surface area contributed by atoms with Gasteiger partial charge in [-0.25, -0.2) is 8.42 Å². The quantitative estimate of drug-likeness (QED) is 0.878. The zero-order chi connectivity index (χ0) is 14.4. The van der Waals surface area contributed by atoms with E-state index in [4.69, 9.17) is 12.2 Å². The van der Waals surface area contributed by atoms with Crippen molar-refractivity contribution in [1.29, 1.82) is 0 Å². The third-order valence-corrected chi connectivity index (χ3v) is 6.50. The number of sulfone groups is 1. The van der Waals surface area contributed by atoms with Gasteiger partial charge < -0.3 is 4.98 Å². The first-order valence-electron chi connectivity index (χ1n) is 5.53. The van der Waals surface area contributed by atoms with Crippen LogP contribution in [0.1, 0.15) is 13.8 Å². The average molecular weight is 318 g/mol. The van der Waals surface area contributed by atoms with Gasteiger partial charge in [0.1, 0.15) is 4.70 Å². The van der Waals surface area contributed by atoms with Crippen molar-refractivity contribution >= 4 is 43.6 Å². The van der Waals surface area contributed by atoms with Crippen molar-refractivity contribution in [2.24, 2.45) is 0 Å². The lowest BCUT2D eigenvalue weighted by atomic mass is 10.2. The van der Waals surface area contributed by atoms with Gasteiger partial charge in [0.15, 0.2) is 14.6 Å². The molecule has 104 valence electrons. The van der Waals surface area contributed by atoms with Crippen molar-refractivity contribution in [2.75, 3.05) is 6.26 Å². The van der Waals surface area contributed by atoms with E-state index in [1.165, 1.54) is 15.9 Å². The van der Waals surface area contributed by atoms with Gasteiger partial charge in [-0.1, -0.05) is 0 Å². The number of thiophene rings is 1. The lowest BCUT2D eigenvalue weighted by Crippen LogP contribution is -2.39. The predicted octanol–water partition coefficient (Wildman–Crippen LogP) is 1.94. The zero-order valence-electron chi connectivity index (χ0n) is 10.8. The van der Waals surface area contributed by atoms with Crippen molar-refractivity contribution < 1.29 is 8.42 Å². The van der Waals surface area contributed by atoms with Gasteiger partial charge in [-0.2, -0.15) is 0 Å². The molecule has 0 radical (unpaired) electrons. The molecule has 0 spiro atoms. The smallest absolute Gasteiger partial charge is 0.272 e. The van der Waals surface area contributed by atoms with Gasteiger partial charge in [-0.15, -0.1) is 11.3 Å². The van der Waals surface area contributed by atoms with Crippen LogP contribution in [0.25, 0.3) is 10.2 Å². The van der Waals surface area contributed by atoms with E-state index in [0.29, 0.717) is 10.2 Å². The number of aromatic amines is 1. The standard InChI is InChI=1S/C11H14N2O3S3/c1-11(2,19(3,15)16)6-13-9(14)8-7(4-5-18-8)12-10(13)17/h4-5H,6H2,1-3H3,(H,12,17). The summed E-state index contributed by atoms with van der Waals surface area (Å²) in [5.74, 6) is 0. The maximum absolute atomic E-state index is 12.3. The largest absolute Gasteiger partial charge is 0.331 e. The van der Waals surface area contributed by atoms with Gasteiger partial charge in [0, 0.05) is 12.8 Å². The molecule has 0 bridgehead atoms. The van der Waals surface area contributed by atoms with Crippen LogP contribution in [0.4, 0.5) is 0 Å². The summed E-state index contributed by atoms with van der Waals surface area (Å²) in [7, 11) is -3.29. The molecule has 0 amide bonds. The van der Waals surface area contributed by atoms with E-state index in [1.807, 2.05) is 0 Å². The van der Waals surface area contributed by atoms with Gasteiger partial charge in [-0.05, 0) is 37.5 Å². The molecule has 0 saturated carbocycles. The Morgan fingerprint density at radius 1 is 1.47 bits per heavy atom. The number of aromatic nitrogens is 2. The third kappa shape index (κ3) is 2.52. The van der Waals surface area contributed by atoms with E-state index in [-0.39, 0.29) is 16.9 Å². The summed E-state index contributed by atoms with van der Waals surface area (Å²) >= 11 is 6.45. The van der Waals surface area contributed by atoms with Crippen LogP contribution in [0.15, 0.2) is 16.2 Å². The number of nitrogens with zero attached hydrogens (tertiary/aromatic N) is 1. The number of hydrogen-bond donors (Lipinski definition) is 1. The summed E-state index contributed by atoms with van der Waals surface area (Å²) in [6.07, 6.45) is 1.16. The van der Waals surface area contributed by atoms with E-state index < -0.39 is 14.6 Å². The Hall–Kier alpha value is -0.990. The van der Waals surface area contributed by atoms with Gasteiger partial charge >= 0.3 is 0 Å². The Morgan fingerprint density at radius 3 is 2.68 bits per heavy atom. The Morgan fingerprint density at radius 2 is 2.11 bits per heavy atom. The fourth-order valence-electron chi connectivity index (χ4n) is 1.61. The molecule has 0 unspecified atom stereocenters. The van der Waals surface area contributed by atoms with Crippen molar-refractivity contribution in [2.45, 2.75) is 25.1 Å². The van der Waals surface area contributed by atoms with Crippen LogP contribution in [-0.2, 0) is 16.4 Å². The minimum absolute atomic E-state index is 0.0356. The van der Waals surface area contributed by atoms with Gasteiger partial charge in [0.05, 0.1) is 10.3 Å². The summed E-state index contributed by atoms with van der Waals surface area (Å²) < 4.78 is 24.5. The first-order valence-corrected chi connectivity index (χ1v) is 8.71. The van der Waals surface area contributed by atoms with Crippen molar-refractivity contribution in [1.82, 2.24) is 9.55 Å². The van der Waals surface area contributed by atoms with Crippen LogP contribution in [0, 0.1) is 4.77 Å². The maximum atomic E-state index is 12.3. The molecule has 0 aliphatic heterocycles. The summed E-state index contributed by atoms with van der Waals surface area (Å²) in [5, 5.41) is 1.80. The van der Waals surface area contributed by atoms with E-state index in [1.54, 1.807) is 25.3 Å². The van der Waals surface area contributed by atoms with E-state index in [2.05, 4.69) is 4.98 Å². The van der Waals surface area contributed by atoms with Crippen LogP contribution in [-0.4, -0.2) is 29.0 Å². The molecule has 0 aliphatic carbocycles. The molecule has 2 aromatic rings. The summed E-state index contributed by atoms with van der Waals surface area (Å²) in [5.41, 5.74) is 0.443. The lowest BCUT2D eigenvalue weighted by molar-refractivity contribution is 0.491. The van der Waals surface area contributed by atoms with Gasteiger partial charge in [0.2, 0.25) is 0 Å². The molecule has 0 aliphatic rings. The van der Waals surface area contributed by atoms with E-state index in [9.17, 15) is 13.2 Å². The second-order valence-electron chi connectivity index (χ2n) is 5.02. The molecule has 2 aromatic heterocycles. The highest BCUT2D eigenvalue weighted by molar-refractivity contribution is 7.92. The van der Waals surface area contributed by atoms with Gasteiger partial charge in [0.25, 0.3) is 5.56 Å². The van der Waals surface area contributed by atoms with Crippen LogP contribution in [0.5, 0.6) is 0 Å². The number of rotatable bonds is 3. The molecule has 1 N–H and O–H groups in total. The molecule has 0 saturated heterocycles. The molecular formula is C11H14N2O3S3. The number of fused-ring (bicyclic) bond motifs is 1. The topological polar surface area (TPSA) is 71.9 Å². The van der Waals surface area contributed by atoms with Crippen LogP contribution in [0.3, 0.4) is 0 Å².